The first-order chi connectivity index (χ1) is 17.4. The molecule has 0 aliphatic heterocycles. The summed E-state index contributed by atoms with van der Waals surface area (Å²) >= 11 is 6.12. The zero-order valence-electron chi connectivity index (χ0n) is 19.3. The molecule has 0 saturated heterocycles. The highest BCUT2D eigenvalue weighted by molar-refractivity contribution is 6.31. The molecule has 0 amide bonds. The van der Waals surface area contributed by atoms with Gasteiger partial charge in [0.1, 0.15) is 11.3 Å². The molecule has 36 heavy (non-hydrogen) atoms. The molecule has 1 atom stereocenters. The first-order valence-electron chi connectivity index (χ1n) is 11.0. The predicted molar refractivity (Wildman–Crippen MR) is 138 cm³/mol. The van der Waals surface area contributed by atoms with E-state index in [-0.39, 0.29) is 11.4 Å². The quantitative estimate of drug-likeness (QED) is 0.232. The molecule has 5 aromatic rings. The highest BCUT2D eigenvalue weighted by Gasteiger charge is 2.17. The van der Waals surface area contributed by atoms with Crippen molar-refractivity contribution in [2.75, 3.05) is 7.11 Å². The van der Waals surface area contributed by atoms with Gasteiger partial charge in [0.2, 0.25) is 5.82 Å². The zero-order valence-corrected chi connectivity index (χ0v) is 20.1. The topological polar surface area (TPSA) is 95.9 Å². The van der Waals surface area contributed by atoms with Gasteiger partial charge in [0.05, 0.1) is 24.2 Å². The van der Waals surface area contributed by atoms with Gasteiger partial charge in [-0.1, -0.05) is 23.7 Å². The van der Waals surface area contributed by atoms with Crippen molar-refractivity contribution in [3.05, 3.63) is 93.7 Å². The number of methoxy groups -OCH3 is 1. The Labute approximate surface area is 210 Å². The highest BCUT2D eigenvalue weighted by Crippen LogP contribution is 2.29. The van der Waals surface area contributed by atoms with Crippen molar-refractivity contribution in [2.24, 2.45) is 5.10 Å². The van der Waals surface area contributed by atoms with E-state index in [2.05, 4.69) is 14.8 Å². The third-order valence-electron chi connectivity index (χ3n) is 5.50. The Balaban J connectivity index is 1.54. The molecule has 2 aromatic heterocycles. The molecule has 0 aliphatic carbocycles. The number of benzene rings is 3. The number of furan rings is 1. The number of rotatable bonds is 6. The first-order valence-corrected chi connectivity index (χ1v) is 11.4. The lowest BCUT2D eigenvalue weighted by Crippen LogP contribution is -2.24. The maximum atomic E-state index is 13.4. The first kappa shape index (κ1) is 23.3. The third-order valence-corrected chi connectivity index (χ3v) is 5.74. The summed E-state index contributed by atoms with van der Waals surface area (Å²) in [6.07, 6.45) is 0.798. The van der Waals surface area contributed by atoms with Gasteiger partial charge >= 0.3 is 5.97 Å². The number of para-hydroxylation sites is 1. The van der Waals surface area contributed by atoms with Crippen LogP contribution in [0.15, 0.2) is 87.1 Å². The molecule has 5 rings (SSSR count). The maximum absolute atomic E-state index is 13.4. The van der Waals surface area contributed by atoms with Gasteiger partial charge in [-0.2, -0.15) is 9.78 Å². The van der Waals surface area contributed by atoms with Crippen LogP contribution in [0.25, 0.3) is 33.5 Å². The Hall–Kier alpha value is -4.43. The second-order valence-corrected chi connectivity index (χ2v) is 8.40. The second kappa shape index (κ2) is 9.67. The Morgan fingerprint density at radius 3 is 2.67 bits per heavy atom. The van der Waals surface area contributed by atoms with Crippen LogP contribution in [0.4, 0.5) is 0 Å². The lowest BCUT2D eigenvalue weighted by molar-refractivity contribution is -0.147. The summed E-state index contributed by atoms with van der Waals surface area (Å²) in [5, 5.41) is 6.23. The average Bonchev–Trinajstić information content (AvgIpc) is 3.31. The summed E-state index contributed by atoms with van der Waals surface area (Å²) in [5.41, 5.74) is 1.51. The van der Waals surface area contributed by atoms with Crippen LogP contribution in [-0.4, -0.2) is 35.1 Å². The lowest BCUT2D eigenvalue weighted by atomic mass is 10.2. The van der Waals surface area contributed by atoms with Gasteiger partial charge in [0.25, 0.3) is 5.56 Å². The van der Waals surface area contributed by atoms with Gasteiger partial charge in [0, 0.05) is 10.4 Å². The Morgan fingerprint density at radius 2 is 1.89 bits per heavy atom. The number of hydrogen-bond donors (Lipinski definition) is 0. The molecule has 0 spiro atoms. The molecule has 9 heteroatoms. The molecule has 0 N–H and O–H groups in total. The van der Waals surface area contributed by atoms with Crippen molar-refractivity contribution < 1.29 is 18.7 Å². The van der Waals surface area contributed by atoms with Gasteiger partial charge < -0.3 is 13.9 Å². The fourth-order valence-electron chi connectivity index (χ4n) is 3.69. The fourth-order valence-corrected chi connectivity index (χ4v) is 3.87. The summed E-state index contributed by atoms with van der Waals surface area (Å²) in [6.45, 7) is 1.61. The van der Waals surface area contributed by atoms with Gasteiger partial charge in [-0.15, -0.1) is 0 Å². The normalized spacial score (nSPS) is 12.3. The molecule has 0 bridgehead atoms. The van der Waals surface area contributed by atoms with E-state index in [1.165, 1.54) is 18.0 Å². The number of hydrogen-bond acceptors (Lipinski definition) is 7. The smallest absolute Gasteiger partial charge is 0.346 e. The van der Waals surface area contributed by atoms with E-state index in [1.54, 1.807) is 73.7 Å². The standard InChI is InChI=1S/C27H20ClN3O5/c1-16(27(33)34-2)35-20-10-7-17(8-11-20)15-29-31-25(30-22-6-4-3-5-21(22)26(31)32)24-14-18-13-19(28)9-12-23(18)36-24/h3-16H,1-2H3/t16-/m0/s1. The molecule has 3 aromatic carbocycles. The number of ether oxygens (including phenoxy) is 2. The summed E-state index contributed by atoms with van der Waals surface area (Å²) in [7, 11) is 1.31. The molecule has 2 heterocycles. The summed E-state index contributed by atoms with van der Waals surface area (Å²) < 4.78 is 17.4. The van der Waals surface area contributed by atoms with Crippen LogP contribution in [0.3, 0.4) is 0 Å². The summed E-state index contributed by atoms with van der Waals surface area (Å²) in [5.74, 6) is 0.669. The van der Waals surface area contributed by atoms with Gasteiger partial charge in [-0.25, -0.2) is 9.78 Å². The molecule has 0 fully saturated rings. The molecule has 0 aliphatic rings. The summed E-state index contributed by atoms with van der Waals surface area (Å²) in [6, 6.07) is 21.0. The molecule has 0 saturated carbocycles. The van der Waals surface area contributed by atoms with Gasteiger partial charge in [-0.3, -0.25) is 4.79 Å². The molecular formula is C27H20ClN3O5. The minimum Gasteiger partial charge on any atom is -0.479 e. The zero-order chi connectivity index (χ0) is 25.2. The number of carbonyl (C=O) groups excluding carboxylic acids is 1. The Bertz CT molecular complexity index is 1670. The summed E-state index contributed by atoms with van der Waals surface area (Å²) in [4.78, 5) is 29.6. The average molecular weight is 502 g/mol. The predicted octanol–water partition coefficient (Wildman–Crippen LogP) is 5.29. The largest absolute Gasteiger partial charge is 0.479 e. The van der Waals surface area contributed by atoms with E-state index in [0.29, 0.717) is 38.6 Å². The van der Waals surface area contributed by atoms with Crippen LogP contribution >= 0.6 is 11.6 Å². The molecule has 0 radical (unpaired) electrons. The van der Waals surface area contributed by atoms with E-state index >= 15 is 0 Å². The monoisotopic (exact) mass is 501 g/mol. The molecule has 0 unspecified atom stereocenters. The second-order valence-electron chi connectivity index (χ2n) is 7.96. The van der Waals surface area contributed by atoms with E-state index < -0.39 is 12.1 Å². The molecular weight excluding hydrogens is 482 g/mol. The van der Waals surface area contributed by atoms with Crippen molar-refractivity contribution in [1.82, 2.24) is 9.66 Å². The van der Waals surface area contributed by atoms with Gasteiger partial charge in [-0.05, 0) is 73.2 Å². The Kier molecular flexibility index (Phi) is 6.26. The lowest BCUT2D eigenvalue weighted by Gasteiger charge is -2.12. The van der Waals surface area contributed by atoms with Crippen molar-refractivity contribution in [1.29, 1.82) is 0 Å². The number of carbonyl (C=O) groups is 1. The minimum absolute atomic E-state index is 0.258. The highest BCUT2D eigenvalue weighted by atomic mass is 35.5. The van der Waals surface area contributed by atoms with Crippen molar-refractivity contribution >= 4 is 45.7 Å². The van der Waals surface area contributed by atoms with Crippen molar-refractivity contribution in [3.8, 4) is 17.3 Å². The van der Waals surface area contributed by atoms with Crippen LogP contribution in [0.1, 0.15) is 12.5 Å². The Morgan fingerprint density at radius 1 is 1.11 bits per heavy atom. The number of esters is 1. The van der Waals surface area contributed by atoms with Crippen molar-refractivity contribution in [2.45, 2.75) is 13.0 Å². The maximum Gasteiger partial charge on any atom is 0.346 e. The van der Waals surface area contributed by atoms with Crippen LogP contribution < -0.4 is 10.3 Å². The third kappa shape index (κ3) is 4.58. The van der Waals surface area contributed by atoms with Crippen LogP contribution in [0, 0.1) is 0 Å². The molecule has 180 valence electrons. The van der Waals surface area contributed by atoms with E-state index in [4.69, 9.17) is 20.8 Å². The number of halogens is 1. The van der Waals surface area contributed by atoms with E-state index in [0.717, 1.165) is 5.39 Å². The number of nitrogens with zero attached hydrogens (tertiary/aromatic N) is 3. The fraction of sp³-hybridized carbons (Fsp3) is 0.111. The van der Waals surface area contributed by atoms with Crippen LogP contribution in [0.5, 0.6) is 5.75 Å². The van der Waals surface area contributed by atoms with Crippen LogP contribution in [0.2, 0.25) is 5.02 Å². The number of aromatic nitrogens is 2. The van der Waals surface area contributed by atoms with Crippen molar-refractivity contribution in [3.63, 3.8) is 0 Å². The van der Waals surface area contributed by atoms with E-state index in [9.17, 15) is 9.59 Å². The van der Waals surface area contributed by atoms with Gasteiger partial charge in [0.15, 0.2) is 11.9 Å². The number of fused-ring (bicyclic) bond motifs is 2. The minimum atomic E-state index is -0.738. The van der Waals surface area contributed by atoms with E-state index in [1.807, 2.05) is 6.07 Å². The van der Waals surface area contributed by atoms with Crippen LogP contribution in [-0.2, 0) is 9.53 Å². The molecule has 8 nitrogen and oxygen atoms in total. The SMILES string of the molecule is COC(=O)[C@H](C)Oc1ccc(C=Nn2c(-c3cc4cc(Cl)ccc4o3)nc3ccccc3c2=O)cc1.